The molecule has 0 aliphatic carbocycles. The summed E-state index contributed by atoms with van der Waals surface area (Å²) in [4.78, 5) is 4.29. The molecule has 0 aliphatic rings. The highest BCUT2D eigenvalue weighted by atomic mass is 35.7. The minimum absolute atomic E-state index is 0.0343. The van der Waals surface area contributed by atoms with Gasteiger partial charge in [0, 0.05) is 10.7 Å². The van der Waals surface area contributed by atoms with E-state index in [0.29, 0.717) is 5.01 Å². The maximum atomic E-state index is 11.7. The predicted molar refractivity (Wildman–Crippen MR) is 122 cm³/mol. The van der Waals surface area contributed by atoms with E-state index in [9.17, 15) is 8.42 Å². The third-order valence-electron chi connectivity index (χ3n) is 4.86. The molecule has 3 aromatic rings. The Morgan fingerprint density at radius 3 is 1.86 bits per heavy atom. The maximum Gasteiger partial charge on any atom is 0.272 e. The van der Waals surface area contributed by atoms with Gasteiger partial charge < -0.3 is 4.43 Å². The van der Waals surface area contributed by atoms with E-state index in [1.54, 1.807) is 0 Å². The van der Waals surface area contributed by atoms with Crippen LogP contribution in [-0.4, -0.2) is 21.7 Å². The second kappa shape index (κ2) is 8.32. The first-order chi connectivity index (χ1) is 13.6. The van der Waals surface area contributed by atoms with Crippen LogP contribution in [0.25, 0.3) is 0 Å². The summed E-state index contributed by atoms with van der Waals surface area (Å²) in [5.41, 5.74) is 0. The molecule has 1 unspecified atom stereocenters. The van der Waals surface area contributed by atoms with Gasteiger partial charge >= 0.3 is 0 Å². The molecule has 0 bridgehead atoms. The molecule has 0 radical (unpaired) electrons. The van der Waals surface area contributed by atoms with Gasteiger partial charge in [-0.25, -0.2) is 13.4 Å². The average Bonchev–Trinajstić information content (AvgIpc) is 3.17. The lowest BCUT2D eigenvalue weighted by Gasteiger charge is -2.44. The summed E-state index contributed by atoms with van der Waals surface area (Å²) in [6.45, 7) is 8.51. The summed E-state index contributed by atoms with van der Waals surface area (Å²) in [6, 6.07) is 20.6. The van der Waals surface area contributed by atoms with Crippen LogP contribution < -0.4 is 10.4 Å². The Hall–Kier alpha value is -1.51. The Morgan fingerprint density at radius 1 is 1.00 bits per heavy atom. The van der Waals surface area contributed by atoms with E-state index in [-0.39, 0.29) is 9.25 Å². The fourth-order valence-electron chi connectivity index (χ4n) is 3.58. The Balaban J connectivity index is 2.14. The Morgan fingerprint density at radius 2 is 1.48 bits per heavy atom. The highest BCUT2D eigenvalue weighted by Crippen LogP contribution is 2.40. The van der Waals surface area contributed by atoms with Crippen LogP contribution in [0.3, 0.4) is 0 Å². The maximum absolute atomic E-state index is 11.7. The van der Waals surface area contributed by atoms with Gasteiger partial charge in [0.15, 0.2) is 4.21 Å². The number of benzene rings is 2. The van der Waals surface area contributed by atoms with Gasteiger partial charge in [0.25, 0.3) is 17.4 Å². The summed E-state index contributed by atoms with van der Waals surface area (Å²) in [6.07, 6.45) is 0.909. The summed E-state index contributed by atoms with van der Waals surface area (Å²) >= 11 is 1.06. The summed E-state index contributed by atoms with van der Waals surface area (Å²) in [7, 11) is -1.07. The number of hydrogen-bond acceptors (Lipinski definition) is 5. The molecule has 2 aromatic carbocycles. The molecule has 1 heterocycles. The molecule has 0 saturated carbocycles. The predicted octanol–water partition coefficient (Wildman–Crippen LogP) is 4.71. The van der Waals surface area contributed by atoms with Gasteiger partial charge in [0.2, 0.25) is 0 Å². The standard InChI is InChI=1S/C21H24ClNO3S2Si/c1-16(20-23-15-19(27-20)28(22,24)25)26-29(21(2,3)4,17-11-7-5-8-12-17)18-13-9-6-10-14-18/h5-16H,1-4H3. The van der Waals surface area contributed by atoms with Crippen LogP contribution in [0.15, 0.2) is 71.1 Å². The highest BCUT2D eigenvalue weighted by Gasteiger charge is 2.51. The topological polar surface area (TPSA) is 56.3 Å². The minimum atomic E-state index is -3.81. The van der Waals surface area contributed by atoms with Crippen LogP contribution in [0.5, 0.6) is 0 Å². The van der Waals surface area contributed by atoms with Crippen LogP contribution >= 0.6 is 22.0 Å². The quantitative estimate of drug-likeness (QED) is 0.390. The van der Waals surface area contributed by atoms with Gasteiger partial charge in [-0.15, -0.1) is 11.3 Å². The SMILES string of the molecule is CC(O[Si](c1ccccc1)(c1ccccc1)C(C)(C)C)c1ncc(S(=O)(=O)Cl)s1. The molecular weight excluding hydrogens is 442 g/mol. The van der Waals surface area contributed by atoms with Gasteiger partial charge in [-0.3, -0.25) is 0 Å². The van der Waals surface area contributed by atoms with E-state index in [1.165, 1.54) is 6.20 Å². The van der Waals surface area contributed by atoms with Crippen molar-refractivity contribution in [2.24, 2.45) is 0 Å². The van der Waals surface area contributed by atoms with Gasteiger partial charge in [-0.1, -0.05) is 81.4 Å². The second-order valence-corrected chi connectivity index (χ2v) is 16.0. The van der Waals surface area contributed by atoms with E-state index in [4.69, 9.17) is 15.1 Å². The van der Waals surface area contributed by atoms with Crippen LogP contribution in [0.4, 0.5) is 0 Å². The van der Waals surface area contributed by atoms with Crippen LogP contribution in [0, 0.1) is 0 Å². The van der Waals surface area contributed by atoms with E-state index < -0.39 is 23.5 Å². The lowest BCUT2D eigenvalue weighted by atomic mass is 10.2. The third kappa shape index (κ3) is 4.49. The first-order valence-corrected chi connectivity index (χ1v) is 14.3. The number of rotatable bonds is 6. The molecule has 0 N–H and O–H groups in total. The van der Waals surface area contributed by atoms with Crippen molar-refractivity contribution in [1.29, 1.82) is 0 Å². The zero-order valence-corrected chi connectivity index (χ0v) is 20.2. The van der Waals surface area contributed by atoms with Crippen molar-refractivity contribution in [1.82, 2.24) is 4.98 Å². The third-order valence-corrected chi connectivity index (χ3v) is 13.2. The van der Waals surface area contributed by atoms with Crippen molar-refractivity contribution in [3.63, 3.8) is 0 Å². The lowest BCUT2D eigenvalue weighted by molar-refractivity contribution is 0.210. The van der Waals surface area contributed by atoms with Crippen LogP contribution in [0.2, 0.25) is 5.04 Å². The molecule has 0 spiro atoms. The van der Waals surface area contributed by atoms with Crippen LogP contribution in [0.1, 0.15) is 38.8 Å². The van der Waals surface area contributed by atoms with Gasteiger partial charge in [-0.05, 0) is 22.3 Å². The Labute approximate surface area is 182 Å². The molecule has 0 aliphatic heterocycles. The fraction of sp³-hybridized carbons (Fsp3) is 0.286. The number of thiazole rings is 1. The summed E-state index contributed by atoms with van der Waals surface area (Å²) in [5, 5.41) is 2.74. The molecule has 8 heteroatoms. The van der Waals surface area contributed by atoms with Crippen LogP contribution in [-0.2, 0) is 13.5 Å². The van der Waals surface area contributed by atoms with Crippen molar-refractivity contribution in [2.45, 2.75) is 43.0 Å². The second-order valence-electron chi connectivity index (χ2n) is 7.88. The Kier molecular flexibility index (Phi) is 6.36. The molecule has 3 rings (SSSR count). The summed E-state index contributed by atoms with van der Waals surface area (Å²) in [5.74, 6) is 0. The first-order valence-electron chi connectivity index (χ1n) is 9.25. The zero-order valence-electron chi connectivity index (χ0n) is 16.8. The first kappa shape index (κ1) is 22.2. The van der Waals surface area contributed by atoms with Gasteiger partial charge in [0.05, 0.1) is 12.3 Å². The van der Waals surface area contributed by atoms with Gasteiger partial charge in [0.1, 0.15) is 5.01 Å². The molecule has 4 nitrogen and oxygen atoms in total. The van der Waals surface area contributed by atoms with Crippen molar-refractivity contribution in [2.75, 3.05) is 0 Å². The fourth-order valence-corrected chi connectivity index (χ4v) is 10.2. The smallest absolute Gasteiger partial charge is 0.272 e. The normalized spacial score (nSPS) is 14.0. The molecule has 0 saturated heterocycles. The average molecular weight is 466 g/mol. The number of nitrogens with zero attached hydrogens (tertiary/aromatic N) is 1. The van der Waals surface area contributed by atoms with Crippen molar-refractivity contribution < 1.29 is 12.8 Å². The van der Waals surface area contributed by atoms with E-state index in [0.717, 1.165) is 21.7 Å². The van der Waals surface area contributed by atoms with Crippen molar-refractivity contribution in [3.05, 3.63) is 71.9 Å². The van der Waals surface area contributed by atoms with Gasteiger partial charge in [-0.2, -0.15) is 0 Å². The molecule has 1 aromatic heterocycles. The highest BCUT2D eigenvalue weighted by molar-refractivity contribution is 8.15. The van der Waals surface area contributed by atoms with Crippen molar-refractivity contribution >= 4 is 49.8 Å². The molecule has 0 fully saturated rings. The van der Waals surface area contributed by atoms with E-state index in [1.807, 2.05) is 43.3 Å². The van der Waals surface area contributed by atoms with Crippen molar-refractivity contribution in [3.8, 4) is 0 Å². The number of hydrogen-bond donors (Lipinski definition) is 0. The molecule has 29 heavy (non-hydrogen) atoms. The largest absolute Gasteiger partial charge is 0.398 e. The molecular formula is C21H24ClNO3S2Si. The van der Waals surface area contributed by atoms with E-state index in [2.05, 4.69) is 50.0 Å². The number of halogens is 1. The van der Waals surface area contributed by atoms with E-state index >= 15 is 0 Å². The lowest BCUT2D eigenvalue weighted by Crippen LogP contribution is -2.66. The number of aromatic nitrogens is 1. The summed E-state index contributed by atoms with van der Waals surface area (Å²) < 4.78 is 30.3. The zero-order chi connectivity index (χ0) is 21.3. The Bertz CT molecular complexity index is 1020. The molecule has 154 valence electrons. The molecule has 0 amide bonds. The monoisotopic (exact) mass is 465 g/mol. The minimum Gasteiger partial charge on any atom is -0.398 e. The molecule has 1 atom stereocenters.